The molecular formula is C21H28N2O5S. The minimum Gasteiger partial charge on any atom is -0.497 e. The molecule has 29 heavy (non-hydrogen) atoms. The minimum atomic E-state index is -3.33. The van der Waals surface area contributed by atoms with Crippen molar-refractivity contribution in [2.45, 2.75) is 32.4 Å². The molecular weight excluding hydrogens is 392 g/mol. The van der Waals surface area contributed by atoms with Crippen LogP contribution >= 0.6 is 0 Å². The third-order valence-electron chi connectivity index (χ3n) is 4.61. The third kappa shape index (κ3) is 6.12. The van der Waals surface area contributed by atoms with Crippen LogP contribution in [0.4, 0.5) is 5.69 Å². The molecule has 1 N–H and O–H groups in total. The summed E-state index contributed by atoms with van der Waals surface area (Å²) >= 11 is 0. The maximum absolute atomic E-state index is 12.6. The van der Waals surface area contributed by atoms with Gasteiger partial charge in [0.1, 0.15) is 11.5 Å². The number of rotatable bonds is 9. The lowest BCUT2D eigenvalue weighted by Gasteiger charge is -2.21. The summed E-state index contributed by atoms with van der Waals surface area (Å²) in [5, 5.41) is 2.96. The van der Waals surface area contributed by atoms with E-state index >= 15 is 0 Å². The summed E-state index contributed by atoms with van der Waals surface area (Å²) < 4.78 is 35.4. The van der Waals surface area contributed by atoms with E-state index in [0.29, 0.717) is 17.9 Å². The van der Waals surface area contributed by atoms with Crippen molar-refractivity contribution in [3.8, 4) is 11.5 Å². The Labute approximate surface area is 172 Å². The molecule has 0 aliphatic heterocycles. The van der Waals surface area contributed by atoms with Crippen LogP contribution in [-0.2, 0) is 14.8 Å². The maximum Gasteiger partial charge on any atom is 0.261 e. The number of hydrogen-bond donors (Lipinski definition) is 1. The van der Waals surface area contributed by atoms with E-state index in [1.54, 1.807) is 31.4 Å². The Kier molecular flexibility index (Phi) is 7.50. The van der Waals surface area contributed by atoms with E-state index in [4.69, 9.17) is 9.47 Å². The number of carbonyl (C=O) groups excluding carboxylic acids is 1. The van der Waals surface area contributed by atoms with E-state index in [1.165, 1.54) is 11.4 Å². The Morgan fingerprint density at radius 1 is 1.07 bits per heavy atom. The average molecular weight is 421 g/mol. The number of amides is 1. The van der Waals surface area contributed by atoms with Crippen molar-refractivity contribution in [1.29, 1.82) is 0 Å². The fourth-order valence-electron chi connectivity index (χ4n) is 2.69. The first-order chi connectivity index (χ1) is 13.7. The highest BCUT2D eigenvalue weighted by Crippen LogP contribution is 2.22. The van der Waals surface area contributed by atoms with Crippen LogP contribution in [0.2, 0.25) is 0 Å². The highest BCUT2D eigenvalue weighted by atomic mass is 32.2. The first-order valence-corrected chi connectivity index (χ1v) is 11.2. The second-order valence-electron chi connectivity index (χ2n) is 6.74. The molecule has 0 heterocycles. The lowest BCUT2D eigenvalue weighted by Crippen LogP contribution is -2.39. The first kappa shape index (κ1) is 22.5. The van der Waals surface area contributed by atoms with Gasteiger partial charge in [-0.25, -0.2) is 8.42 Å². The molecule has 2 atom stereocenters. The van der Waals surface area contributed by atoms with Gasteiger partial charge in [0.05, 0.1) is 25.1 Å². The van der Waals surface area contributed by atoms with Gasteiger partial charge in [-0.05, 0) is 55.3 Å². The maximum atomic E-state index is 12.6. The fraction of sp³-hybridized carbons (Fsp3) is 0.381. The summed E-state index contributed by atoms with van der Waals surface area (Å²) in [6.07, 6.45) is 0.972. The van der Waals surface area contributed by atoms with Crippen LogP contribution in [0, 0.1) is 0 Å². The van der Waals surface area contributed by atoms with Gasteiger partial charge in [0, 0.05) is 7.05 Å². The standard InChI is InChI=1S/C21H28N2O5S/c1-6-20(21(24)22-15(2)16-7-11-18(27-4)12-8-16)28-19-13-9-17(10-14-19)23(3)29(5,25)26/h7-15,20H,6H2,1-5H3,(H,22,24)/t15-,20+/m0/s1. The van der Waals surface area contributed by atoms with Crippen molar-refractivity contribution in [2.75, 3.05) is 24.7 Å². The number of methoxy groups -OCH3 is 1. The Morgan fingerprint density at radius 2 is 1.62 bits per heavy atom. The molecule has 0 aromatic heterocycles. The SMILES string of the molecule is CC[C@@H](Oc1ccc(N(C)S(C)(=O)=O)cc1)C(=O)N[C@@H](C)c1ccc(OC)cc1. The lowest BCUT2D eigenvalue weighted by atomic mass is 10.1. The molecule has 0 saturated heterocycles. The van der Waals surface area contributed by atoms with Crippen molar-refractivity contribution in [2.24, 2.45) is 0 Å². The summed E-state index contributed by atoms with van der Waals surface area (Å²) in [7, 11) is -0.247. The van der Waals surface area contributed by atoms with Crippen molar-refractivity contribution in [3.05, 3.63) is 54.1 Å². The van der Waals surface area contributed by atoms with Crippen molar-refractivity contribution in [3.63, 3.8) is 0 Å². The van der Waals surface area contributed by atoms with Gasteiger partial charge in [0.2, 0.25) is 10.0 Å². The second-order valence-corrected chi connectivity index (χ2v) is 8.76. The molecule has 0 bridgehead atoms. The molecule has 2 aromatic rings. The highest BCUT2D eigenvalue weighted by molar-refractivity contribution is 7.92. The normalized spacial score (nSPS) is 13.3. The molecule has 0 spiro atoms. The molecule has 1 amide bonds. The van der Waals surface area contributed by atoms with Gasteiger partial charge in [-0.3, -0.25) is 9.10 Å². The quantitative estimate of drug-likeness (QED) is 0.674. The molecule has 8 heteroatoms. The molecule has 0 saturated carbocycles. The van der Waals surface area contributed by atoms with Gasteiger partial charge in [-0.15, -0.1) is 0 Å². The zero-order valence-corrected chi connectivity index (χ0v) is 18.2. The Bertz CT molecular complexity index is 911. The summed E-state index contributed by atoms with van der Waals surface area (Å²) in [5.74, 6) is 1.04. The van der Waals surface area contributed by atoms with Gasteiger partial charge >= 0.3 is 0 Å². The highest BCUT2D eigenvalue weighted by Gasteiger charge is 2.21. The number of ether oxygens (including phenoxy) is 2. The molecule has 2 aromatic carbocycles. The fourth-order valence-corrected chi connectivity index (χ4v) is 3.20. The lowest BCUT2D eigenvalue weighted by molar-refractivity contribution is -0.128. The Balaban J connectivity index is 2.02. The van der Waals surface area contributed by atoms with Crippen LogP contribution in [0.1, 0.15) is 31.9 Å². The molecule has 0 aliphatic rings. The second kappa shape index (κ2) is 9.65. The van der Waals surface area contributed by atoms with E-state index in [0.717, 1.165) is 17.6 Å². The van der Waals surface area contributed by atoms with Crippen molar-refractivity contribution < 1.29 is 22.7 Å². The molecule has 0 fully saturated rings. The predicted octanol–water partition coefficient (Wildman–Crippen LogP) is 3.13. The molecule has 2 rings (SSSR count). The number of benzene rings is 2. The zero-order chi connectivity index (χ0) is 21.6. The molecule has 158 valence electrons. The first-order valence-electron chi connectivity index (χ1n) is 9.30. The number of anilines is 1. The summed E-state index contributed by atoms with van der Waals surface area (Å²) in [6, 6.07) is 13.9. The Morgan fingerprint density at radius 3 is 2.10 bits per heavy atom. The van der Waals surface area contributed by atoms with Crippen LogP contribution in [0.3, 0.4) is 0 Å². The molecule has 0 aliphatic carbocycles. The van der Waals surface area contributed by atoms with Gasteiger partial charge in [0.15, 0.2) is 6.10 Å². The smallest absolute Gasteiger partial charge is 0.261 e. The van der Waals surface area contributed by atoms with Crippen LogP contribution in [0.15, 0.2) is 48.5 Å². The van der Waals surface area contributed by atoms with Crippen molar-refractivity contribution in [1.82, 2.24) is 5.32 Å². The molecule has 7 nitrogen and oxygen atoms in total. The number of nitrogens with zero attached hydrogens (tertiary/aromatic N) is 1. The number of hydrogen-bond acceptors (Lipinski definition) is 5. The third-order valence-corrected chi connectivity index (χ3v) is 5.82. The van der Waals surface area contributed by atoms with Crippen molar-refractivity contribution >= 4 is 21.6 Å². The largest absolute Gasteiger partial charge is 0.497 e. The van der Waals surface area contributed by atoms with E-state index in [1.807, 2.05) is 38.1 Å². The zero-order valence-electron chi connectivity index (χ0n) is 17.4. The van der Waals surface area contributed by atoms with Gasteiger partial charge < -0.3 is 14.8 Å². The number of nitrogens with one attached hydrogen (secondary N) is 1. The number of sulfonamides is 1. The minimum absolute atomic E-state index is 0.183. The van der Waals surface area contributed by atoms with Gasteiger partial charge in [0.25, 0.3) is 5.91 Å². The van der Waals surface area contributed by atoms with E-state index < -0.39 is 16.1 Å². The predicted molar refractivity (Wildman–Crippen MR) is 114 cm³/mol. The summed E-state index contributed by atoms with van der Waals surface area (Å²) in [6.45, 7) is 3.77. The van der Waals surface area contributed by atoms with Crippen LogP contribution in [-0.4, -0.2) is 40.8 Å². The topological polar surface area (TPSA) is 84.9 Å². The van der Waals surface area contributed by atoms with Crippen LogP contribution in [0.25, 0.3) is 0 Å². The number of carbonyl (C=O) groups is 1. The summed E-state index contributed by atoms with van der Waals surface area (Å²) in [5.41, 5.74) is 1.48. The summed E-state index contributed by atoms with van der Waals surface area (Å²) in [4.78, 5) is 12.6. The average Bonchev–Trinajstić information content (AvgIpc) is 2.71. The van der Waals surface area contributed by atoms with E-state index in [9.17, 15) is 13.2 Å². The van der Waals surface area contributed by atoms with Crippen LogP contribution in [0.5, 0.6) is 11.5 Å². The Hall–Kier alpha value is -2.74. The van der Waals surface area contributed by atoms with Gasteiger partial charge in [-0.2, -0.15) is 0 Å². The van der Waals surface area contributed by atoms with Gasteiger partial charge in [-0.1, -0.05) is 19.1 Å². The monoisotopic (exact) mass is 420 g/mol. The molecule has 0 unspecified atom stereocenters. The van der Waals surface area contributed by atoms with E-state index in [2.05, 4.69) is 5.32 Å². The van der Waals surface area contributed by atoms with E-state index in [-0.39, 0.29) is 11.9 Å². The molecule has 0 radical (unpaired) electrons. The van der Waals surface area contributed by atoms with Crippen LogP contribution < -0.4 is 19.1 Å².